The third kappa shape index (κ3) is 4.34. The van der Waals surface area contributed by atoms with Gasteiger partial charge in [-0.15, -0.1) is 11.3 Å². The summed E-state index contributed by atoms with van der Waals surface area (Å²) in [6, 6.07) is 8.29. The van der Waals surface area contributed by atoms with Crippen LogP contribution in [-0.2, 0) is 11.3 Å². The lowest BCUT2D eigenvalue weighted by Crippen LogP contribution is -2.48. The van der Waals surface area contributed by atoms with Crippen molar-refractivity contribution in [2.45, 2.75) is 6.54 Å². The molecule has 3 heterocycles. The van der Waals surface area contributed by atoms with Gasteiger partial charge in [0.25, 0.3) is 11.5 Å². The van der Waals surface area contributed by atoms with E-state index in [4.69, 9.17) is 0 Å². The van der Waals surface area contributed by atoms with Gasteiger partial charge in [-0.2, -0.15) is 0 Å². The maximum atomic E-state index is 12.8. The molecule has 0 radical (unpaired) electrons. The molecule has 156 valence electrons. The molecular formula is C20H21N5O4S. The first-order valence-electron chi connectivity index (χ1n) is 9.46. The Balaban J connectivity index is 1.34. The van der Waals surface area contributed by atoms with Crippen molar-refractivity contribution in [1.82, 2.24) is 19.2 Å². The number of amides is 2. The van der Waals surface area contributed by atoms with Crippen molar-refractivity contribution in [3.05, 3.63) is 63.5 Å². The van der Waals surface area contributed by atoms with Gasteiger partial charge in [-0.1, -0.05) is 0 Å². The molecule has 10 heteroatoms. The van der Waals surface area contributed by atoms with E-state index in [-0.39, 0.29) is 11.5 Å². The van der Waals surface area contributed by atoms with Crippen molar-refractivity contribution in [2.75, 3.05) is 38.6 Å². The molecule has 1 saturated heterocycles. The van der Waals surface area contributed by atoms with Crippen LogP contribution >= 0.6 is 11.3 Å². The van der Waals surface area contributed by atoms with E-state index in [1.807, 2.05) is 10.3 Å². The lowest BCUT2D eigenvalue weighted by molar-refractivity contribution is 0.0627. The van der Waals surface area contributed by atoms with Gasteiger partial charge in [-0.05, 0) is 24.3 Å². The van der Waals surface area contributed by atoms with E-state index in [1.54, 1.807) is 36.5 Å². The molecule has 2 aromatic heterocycles. The first kappa shape index (κ1) is 20.0. The number of benzene rings is 1. The molecule has 3 aromatic rings. The Labute approximate surface area is 176 Å². The molecule has 0 atom stereocenters. The predicted molar refractivity (Wildman–Crippen MR) is 113 cm³/mol. The maximum absolute atomic E-state index is 12.8. The van der Waals surface area contributed by atoms with Gasteiger partial charge in [0, 0.05) is 61.6 Å². The Morgan fingerprint density at radius 3 is 2.60 bits per heavy atom. The fourth-order valence-electron chi connectivity index (χ4n) is 3.35. The highest BCUT2D eigenvalue weighted by atomic mass is 32.1. The Morgan fingerprint density at radius 1 is 1.17 bits per heavy atom. The summed E-state index contributed by atoms with van der Waals surface area (Å²) in [6.45, 7) is 3.19. The Kier molecular flexibility index (Phi) is 5.77. The van der Waals surface area contributed by atoms with Crippen molar-refractivity contribution in [3.63, 3.8) is 0 Å². The van der Waals surface area contributed by atoms with E-state index in [0.717, 1.165) is 5.69 Å². The summed E-state index contributed by atoms with van der Waals surface area (Å²) in [5.41, 5.74) is 1.80. The number of carbonyl (C=O) groups excluding carboxylic acids is 2. The molecule has 0 bridgehead atoms. The number of anilines is 1. The zero-order valence-corrected chi connectivity index (χ0v) is 17.2. The number of ether oxygens (including phenoxy) is 1. The average Bonchev–Trinajstić information content (AvgIpc) is 3.23. The Bertz CT molecular complexity index is 1120. The van der Waals surface area contributed by atoms with Gasteiger partial charge < -0.3 is 9.64 Å². The normalized spacial score (nSPS) is 14.6. The number of piperazine rings is 1. The minimum atomic E-state index is -0.555. The van der Waals surface area contributed by atoms with Gasteiger partial charge in [0.2, 0.25) is 0 Å². The number of fused-ring (bicyclic) bond motifs is 1. The number of hydrogen-bond acceptors (Lipinski definition) is 7. The van der Waals surface area contributed by atoms with Gasteiger partial charge in [0.05, 0.1) is 12.8 Å². The highest BCUT2D eigenvalue weighted by molar-refractivity contribution is 7.15. The molecule has 30 heavy (non-hydrogen) atoms. The van der Waals surface area contributed by atoms with Gasteiger partial charge >= 0.3 is 6.09 Å². The minimum Gasteiger partial charge on any atom is -0.453 e. The maximum Gasteiger partial charge on any atom is 0.411 e. The minimum absolute atomic E-state index is 0.0457. The summed E-state index contributed by atoms with van der Waals surface area (Å²) < 4.78 is 6.09. The van der Waals surface area contributed by atoms with Crippen LogP contribution in [0.5, 0.6) is 0 Å². The van der Waals surface area contributed by atoms with Gasteiger partial charge in [0.15, 0.2) is 4.96 Å². The monoisotopic (exact) mass is 427 g/mol. The van der Waals surface area contributed by atoms with Crippen LogP contribution in [0.2, 0.25) is 0 Å². The second kappa shape index (κ2) is 8.64. The van der Waals surface area contributed by atoms with Crippen LogP contribution in [0.15, 0.2) is 46.7 Å². The van der Waals surface area contributed by atoms with Crippen LogP contribution < -0.4 is 10.9 Å². The van der Waals surface area contributed by atoms with Gasteiger partial charge in [-0.3, -0.25) is 24.2 Å². The molecule has 1 aliphatic heterocycles. The summed E-state index contributed by atoms with van der Waals surface area (Å²) in [5.74, 6) is -0.0457. The van der Waals surface area contributed by atoms with Crippen molar-refractivity contribution < 1.29 is 14.3 Å². The van der Waals surface area contributed by atoms with Crippen LogP contribution in [-0.4, -0.2) is 64.5 Å². The Hall–Kier alpha value is -3.24. The van der Waals surface area contributed by atoms with Crippen molar-refractivity contribution in [1.29, 1.82) is 0 Å². The molecule has 0 saturated carbocycles. The molecule has 1 aliphatic rings. The van der Waals surface area contributed by atoms with Gasteiger partial charge in [0.1, 0.15) is 0 Å². The fraction of sp³-hybridized carbons (Fsp3) is 0.300. The molecule has 1 aromatic carbocycles. The topological polar surface area (TPSA) is 96.2 Å². The number of thiazole rings is 1. The molecule has 0 unspecified atom stereocenters. The van der Waals surface area contributed by atoms with E-state index >= 15 is 0 Å². The first-order chi connectivity index (χ1) is 14.5. The molecule has 0 aliphatic carbocycles. The van der Waals surface area contributed by atoms with E-state index in [2.05, 4.69) is 19.9 Å². The predicted octanol–water partition coefficient (Wildman–Crippen LogP) is 1.89. The lowest BCUT2D eigenvalue weighted by Gasteiger charge is -2.34. The standard InChI is InChI=1S/C20H21N5O4S/c1-29-20(28)22-15-4-2-14(3-5-15)18(27)24-8-6-23(7-9-24)13-16-12-17(26)25-10-11-30-19(25)21-16/h2-5,10-12H,6-9,13H2,1H3,(H,22,28). The Morgan fingerprint density at radius 2 is 1.90 bits per heavy atom. The average molecular weight is 427 g/mol. The zero-order valence-electron chi connectivity index (χ0n) is 16.4. The van der Waals surface area contributed by atoms with E-state index < -0.39 is 6.09 Å². The largest absolute Gasteiger partial charge is 0.453 e. The van der Waals surface area contributed by atoms with Crippen LogP contribution in [0.4, 0.5) is 10.5 Å². The summed E-state index contributed by atoms with van der Waals surface area (Å²) in [5, 5.41) is 4.40. The number of rotatable bonds is 4. The summed E-state index contributed by atoms with van der Waals surface area (Å²) in [7, 11) is 1.29. The number of hydrogen-bond donors (Lipinski definition) is 1. The molecule has 0 spiro atoms. The number of nitrogens with zero attached hydrogens (tertiary/aromatic N) is 4. The van der Waals surface area contributed by atoms with E-state index in [1.165, 1.54) is 22.8 Å². The van der Waals surface area contributed by atoms with E-state index in [9.17, 15) is 14.4 Å². The summed E-state index contributed by atoms with van der Waals surface area (Å²) >= 11 is 1.44. The molecule has 9 nitrogen and oxygen atoms in total. The van der Waals surface area contributed by atoms with Crippen LogP contribution in [0.25, 0.3) is 4.96 Å². The lowest BCUT2D eigenvalue weighted by atomic mass is 10.1. The van der Waals surface area contributed by atoms with Crippen molar-refractivity contribution >= 4 is 34.0 Å². The summed E-state index contributed by atoms with van der Waals surface area (Å²) in [6.07, 6.45) is 1.17. The number of nitrogens with one attached hydrogen (secondary N) is 1. The molecule has 1 N–H and O–H groups in total. The highest BCUT2D eigenvalue weighted by Gasteiger charge is 2.22. The number of methoxy groups -OCH3 is 1. The molecule has 2 amide bonds. The second-order valence-corrected chi connectivity index (χ2v) is 7.78. The third-order valence-corrected chi connectivity index (χ3v) is 5.72. The zero-order chi connectivity index (χ0) is 21.1. The quantitative estimate of drug-likeness (QED) is 0.683. The SMILES string of the molecule is COC(=O)Nc1ccc(C(=O)N2CCN(Cc3cc(=O)n4ccsc4n3)CC2)cc1. The number of aromatic nitrogens is 2. The van der Waals surface area contributed by atoms with Crippen LogP contribution in [0.1, 0.15) is 16.1 Å². The highest BCUT2D eigenvalue weighted by Crippen LogP contribution is 2.15. The van der Waals surface area contributed by atoms with Crippen molar-refractivity contribution in [3.8, 4) is 0 Å². The van der Waals surface area contributed by atoms with Crippen LogP contribution in [0, 0.1) is 0 Å². The molecule has 1 fully saturated rings. The summed E-state index contributed by atoms with van der Waals surface area (Å²) in [4.78, 5) is 45.4. The van der Waals surface area contributed by atoms with Crippen LogP contribution in [0.3, 0.4) is 0 Å². The smallest absolute Gasteiger partial charge is 0.411 e. The first-order valence-corrected chi connectivity index (χ1v) is 10.3. The third-order valence-electron chi connectivity index (χ3n) is 4.96. The van der Waals surface area contributed by atoms with Crippen molar-refractivity contribution in [2.24, 2.45) is 0 Å². The molecular weight excluding hydrogens is 406 g/mol. The number of carbonyl (C=O) groups is 2. The van der Waals surface area contributed by atoms with E-state index in [0.29, 0.717) is 48.9 Å². The molecule has 4 rings (SSSR count). The fourth-order valence-corrected chi connectivity index (χ4v) is 4.09. The second-order valence-electron chi connectivity index (χ2n) is 6.90. The van der Waals surface area contributed by atoms with Gasteiger partial charge in [-0.25, -0.2) is 9.78 Å².